The van der Waals surface area contributed by atoms with Crippen LogP contribution in [0.1, 0.15) is 5.56 Å². The van der Waals surface area contributed by atoms with Crippen LogP contribution >= 0.6 is 0 Å². The Kier molecular flexibility index (Phi) is 6.84. The van der Waals surface area contributed by atoms with E-state index < -0.39 is 16.0 Å². The molecule has 8 nitrogen and oxygen atoms in total. The molecule has 1 saturated heterocycles. The van der Waals surface area contributed by atoms with E-state index >= 15 is 0 Å². The van der Waals surface area contributed by atoms with Gasteiger partial charge in [0.15, 0.2) is 6.61 Å². The monoisotopic (exact) mass is 434 g/mol. The number of hydrogen-bond donors (Lipinski definition) is 0. The van der Waals surface area contributed by atoms with Crippen LogP contribution < -0.4 is 14.4 Å². The number of esters is 1. The Morgan fingerprint density at radius 2 is 1.70 bits per heavy atom. The molecule has 0 spiro atoms. The van der Waals surface area contributed by atoms with Gasteiger partial charge in [0.2, 0.25) is 10.0 Å². The molecule has 0 bridgehead atoms. The van der Waals surface area contributed by atoms with E-state index in [0.717, 1.165) is 11.4 Å². The summed E-state index contributed by atoms with van der Waals surface area (Å²) in [5, 5.41) is 0. The predicted molar refractivity (Wildman–Crippen MR) is 113 cm³/mol. The molecule has 0 aliphatic carbocycles. The van der Waals surface area contributed by atoms with Gasteiger partial charge in [-0.3, -0.25) is 0 Å². The average molecular weight is 435 g/mol. The van der Waals surface area contributed by atoms with E-state index in [-0.39, 0.29) is 11.5 Å². The molecule has 9 heteroatoms. The lowest BCUT2D eigenvalue weighted by Crippen LogP contribution is -2.48. The van der Waals surface area contributed by atoms with E-state index in [0.29, 0.717) is 37.5 Å². The molecule has 0 radical (unpaired) electrons. The van der Waals surface area contributed by atoms with Gasteiger partial charge in [-0.05, 0) is 42.8 Å². The molecule has 3 rings (SSSR count). The highest BCUT2D eigenvalue weighted by atomic mass is 32.2. The van der Waals surface area contributed by atoms with Crippen LogP contribution in [0.15, 0.2) is 47.4 Å². The SMILES string of the molecule is COC(=O)COc1ccc(S(=O)(=O)N2CCN(c3ccccc3OC)CC2)cc1C. The summed E-state index contributed by atoms with van der Waals surface area (Å²) in [6.45, 7) is 3.40. The van der Waals surface area contributed by atoms with Crippen molar-refractivity contribution in [1.29, 1.82) is 0 Å². The summed E-state index contributed by atoms with van der Waals surface area (Å²) in [5.74, 6) is 0.714. The van der Waals surface area contributed by atoms with Crippen molar-refractivity contribution in [2.75, 3.05) is 51.9 Å². The van der Waals surface area contributed by atoms with Crippen LogP contribution in [0.25, 0.3) is 0 Å². The number of aryl methyl sites for hydroxylation is 1. The number of ether oxygens (including phenoxy) is 3. The average Bonchev–Trinajstić information content (AvgIpc) is 2.78. The Morgan fingerprint density at radius 3 is 2.33 bits per heavy atom. The smallest absolute Gasteiger partial charge is 0.343 e. The van der Waals surface area contributed by atoms with Gasteiger partial charge in [-0.15, -0.1) is 0 Å². The number of para-hydroxylation sites is 2. The quantitative estimate of drug-likeness (QED) is 0.617. The molecule has 1 fully saturated rings. The van der Waals surface area contributed by atoms with Gasteiger partial charge in [-0.2, -0.15) is 4.31 Å². The molecule has 1 aliphatic heterocycles. The Bertz CT molecular complexity index is 1000. The van der Waals surface area contributed by atoms with E-state index in [9.17, 15) is 13.2 Å². The molecule has 0 N–H and O–H groups in total. The molecule has 2 aromatic carbocycles. The van der Waals surface area contributed by atoms with Gasteiger partial charge in [0.1, 0.15) is 11.5 Å². The Hall–Kier alpha value is -2.78. The van der Waals surface area contributed by atoms with Crippen LogP contribution in [0.5, 0.6) is 11.5 Å². The summed E-state index contributed by atoms with van der Waals surface area (Å²) in [7, 11) is -0.725. The zero-order chi connectivity index (χ0) is 21.7. The second kappa shape index (κ2) is 9.36. The largest absolute Gasteiger partial charge is 0.495 e. The molecule has 0 saturated carbocycles. The van der Waals surface area contributed by atoms with Crippen molar-refractivity contribution in [2.24, 2.45) is 0 Å². The molecule has 1 heterocycles. The first-order valence-corrected chi connectivity index (χ1v) is 11.0. The summed E-state index contributed by atoms with van der Waals surface area (Å²) in [6.07, 6.45) is 0. The summed E-state index contributed by atoms with van der Waals surface area (Å²) in [6, 6.07) is 12.3. The zero-order valence-electron chi connectivity index (χ0n) is 17.3. The molecule has 0 atom stereocenters. The highest BCUT2D eigenvalue weighted by Gasteiger charge is 2.29. The molecular weight excluding hydrogens is 408 g/mol. The number of methoxy groups -OCH3 is 2. The fourth-order valence-electron chi connectivity index (χ4n) is 3.35. The van der Waals surface area contributed by atoms with Gasteiger partial charge in [0.05, 0.1) is 24.8 Å². The molecule has 0 aromatic heterocycles. The Labute approximate surface area is 177 Å². The van der Waals surface area contributed by atoms with Crippen LogP contribution in [0.4, 0.5) is 5.69 Å². The number of carbonyl (C=O) groups is 1. The predicted octanol–water partition coefficient (Wildman–Crippen LogP) is 2.07. The summed E-state index contributed by atoms with van der Waals surface area (Å²) in [5.41, 5.74) is 1.59. The van der Waals surface area contributed by atoms with Crippen molar-refractivity contribution in [1.82, 2.24) is 4.31 Å². The molecule has 30 heavy (non-hydrogen) atoms. The third-order valence-corrected chi connectivity index (χ3v) is 6.92. The fraction of sp³-hybridized carbons (Fsp3) is 0.381. The normalized spacial score (nSPS) is 15.0. The second-order valence-corrected chi connectivity index (χ2v) is 8.79. The van der Waals surface area contributed by atoms with Crippen molar-refractivity contribution in [3.63, 3.8) is 0 Å². The number of sulfonamides is 1. The minimum absolute atomic E-state index is 0.205. The third kappa shape index (κ3) is 4.68. The van der Waals surface area contributed by atoms with Crippen molar-refractivity contribution in [2.45, 2.75) is 11.8 Å². The van der Waals surface area contributed by atoms with Crippen molar-refractivity contribution >= 4 is 21.7 Å². The Morgan fingerprint density at radius 1 is 1.00 bits per heavy atom. The molecular formula is C21H26N2O6S. The Balaban J connectivity index is 1.69. The van der Waals surface area contributed by atoms with Gasteiger partial charge in [0.25, 0.3) is 0 Å². The molecule has 0 amide bonds. The standard InChI is InChI=1S/C21H26N2O6S/c1-16-14-17(8-9-19(16)29-15-21(24)28-3)30(25,26)23-12-10-22(11-13-23)18-6-4-5-7-20(18)27-2/h4-9,14H,10-13,15H2,1-3H3. The topological polar surface area (TPSA) is 85.4 Å². The number of rotatable bonds is 7. The van der Waals surface area contributed by atoms with E-state index in [1.165, 1.54) is 17.5 Å². The second-order valence-electron chi connectivity index (χ2n) is 6.86. The fourth-order valence-corrected chi connectivity index (χ4v) is 4.86. The van der Waals surface area contributed by atoms with Crippen molar-refractivity contribution < 1.29 is 27.4 Å². The maximum Gasteiger partial charge on any atom is 0.343 e. The maximum atomic E-state index is 13.1. The lowest BCUT2D eigenvalue weighted by Gasteiger charge is -2.36. The minimum Gasteiger partial charge on any atom is -0.495 e. The maximum absolute atomic E-state index is 13.1. The van der Waals surface area contributed by atoms with Crippen LogP contribution in [0, 0.1) is 6.92 Å². The van der Waals surface area contributed by atoms with Crippen LogP contribution in [0.3, 0.4) is 0 Å². The molecule has 2 aromatic rings. The van der Waals surface area contributed by atoms with Crippen LogP contribution in [-0.4, -0.2) is 65.7 Å². The molecule has 0 unspecified atom stereocenters. The summed E-state index contributed by atoms with van der Waals surface area (Å²) >= 11 is 0. The van der Waals surface area contributed by atoms with Crippen LogP contribution in [-0.2, 0) is 19.6 Å². The van der Waals surface area contributed by atoms with E-state index in [1.807, 2.05) is 24.3 Å². The molecule has 162 valence electrons. The highest BCUT2D eigenvalue weighted by Crippen LogP contribution is 2.30. The van der Waals surface area contributed by atoms with E-state index in [2.05, 4.69) is 9.64 Å². The third-order valence-electron chi connectivity index (χ3n) is 5.02. The van der Waals surface area contributed by atoms with Gasteiger partial charge >= 0.3 is 5.97 Å². The van der Waals surface area contributed by atoms with Gasteiger partial charge in [-0.25, -0.2) is 13.2 Å². The first-order chi connectivity index (χ1) is 14.4. The number of nitrogens with zero attached hydrogens (tertiary/aromatic N) is 2. The van der Waals surface area contributed by atoms with Gasteiger partial charge < -0.3 is 19.1 Å². The summed E-state index contributed by atoms with van der Waals surface area (Å²) < 4.78 is 43.0. The van der Waals surface area contributed by atoms with E-state index in [1.54, 1.807) is 26.2 Å². The van der Waals surface area contributed by atoms with Crippen molar-refractivity contribution in [3.05, 3.63) is 48.0 Å². The first kappa shape index (κ1) is 21.9. The van der Waals surface area contributed by atoms with Gasteiger partial charge in [-0.1, -0.05) is 12.1 Å². The summed E-state index contributed by atoms with van der Waals surface area (Å²) in [4.78, 5) is 13.6. The number of piperazine rings is 1. The van der Waals surface area contributed by atoms with Gasteiger partial charge in [0, 0.05) is 26.2 Å². The lowest BCUT2D eigenvalue weighted by molar-refractivity contribution is -0.142. The number of carbonyl (C=O) groups excluding carboxylic acids is 1. The first-order valence-electron chi connectivity index (χ1n) is 9.55. The van der Waals surface area contributed by atoms with Crippen molar-refractivity contribution in [3.8, 4) is 11.5 Å². The lowest BCUT2D eigenvalue weighted by atomic mass is 10.2. The van der Waals surface area contributed by atoms with Crippen LogP contribution in [0.2, 0.25) is 0 Å². The number of anilines is 1. The highest BCUT2D eigenvalue weighted by molar-refractivity contribution is 7.89. The van der Waals surface area contributed by atoms with E-state index in [4.69, 9.17) is 9.47 Å². The number of hydrogen-bond acceptors (Lipinski definition) is 7. The molecule has 1 aliphatic rings. The zero-order valence-corrected chi connectivity index (χ0v) is 18.1. The number of benzene rings is 2. The minimum atomic E-state index is -3.63.